The number of rotatable bonds is 4. The van der Waals surface area contributed by atoms with E-state index in [1.165, 1.54) is 29.7 Å². The Morgan fingerprint density at radius 3 is 2.43 bits per heavy atom. The molecule has 0 spiro atoms. The normalized spacial score (nSPS) is 20.7. The molecule has 0 atom stereocenters. The van der Waals surface area contributed by atoms with E-state index >= 15 is 0 Å². The molecular formula is C18H20BrNO. The number of nitrogens with one attached hydrogen (secondary N) is 1. The molecule has 0 aliphatic heterocycles. The third kappa shape index (κ3) is 3.41. The first-order valence-corrected chi connectivity index (χ1v) is 8.11. The van der Waals surface area contributed by atoms with Crippen molar-refractivity contribution in [3.05, 3.63) is 58.1 Å². The third-order valence-corrected chi connectivity index (χ3v) is 4.60. The molecule has 2 aromatic rings. The van der Waals surface area contributed by atoms with Crippen LogP contribution in [0, 0.1) is 6.92 Å². The molecule has 0 unspecified atom stereocenters. The molecule has 1 saturated carbocycles. The van der Waals surface area contributed by atoms with Gasteiger partial charge in [0.1, 0.15) is 5.75 Å². The molecule has 1 aliphatic carbocycles. The van der Waals surface area contributed by atoms with Crippen LogP contribution in [0.3, 0.4) is 0 Å². The number of hydrogen-bond donors (Lipinski definition) is 1. The van der Waals surface area contributed by atoms with Crippen LogP contribution in [-0.4, -0.2) is 13.2 Å². The Bertz CT molecular complexity index is 597. The number of halogens is 1. The number of methoxy groups -OCH3 is 1. The highest BCUT2D eigenvalue weighted by molar-refractivity contribution is 9.10. The molecular weight excluding hydrogens is 326 g/mol. The summed E-state index contributed by atoms with van der Waals surface area (Å²) in [6.07, 6.45) is 2.38. The Labute approximate surface area is 134 Å². The monoisotopic (exact) mass is 345 g/mol. The minimum absolute atomic E-state index is 0.575. The molecule has 0 heterocycles. The zero-order valence-electron chi connectivity index (χ0n) is 12.4. The smallest absolute Gasteiger partial charge is 0.118 e. The molecule has 0 saturated heterocycles. The summed E-state index contributed by atoms with van der Waals surface area (Å²) < 4.78 is 6.34. The first-order valence-electron chi connectivity index (χ1n) is 7.32. The second kappa shape index (κ2) is 6.10. The van der Waals surface area contributed by atoms with Crippen LogP contribution < -0.4 is 10.1 Å². The maximum atomic E-state index is 5.21. The molecule has 1 N–H and O–H groups in total. The average molecular weight is 346 g/mol. The van der Waals surface area contributed by atoms with Crippen LogP contribution >= 0.6 is 15.9 Å². The van der Waals surface area contributed by atoms with Gasteiger partial charge < -0.3 is 10.1 Å². The lowest BCUT2D eigenvalue weighted by Crippen LogP contribution is -2.33. The molecule has 2 aromatic carbocycles. The Kier molecular flexibility index (Phi) is 4.20. The highest BCUT2D eigenvalue weighted by atomic mass is 79.9. The molecule has 3 rings (SSSR count). The van der Waals surface area contributed by atoms with E-state index in [-0.39, 0.29) is 0 Å². The van der Waals surface area contributed by atoms with Gasteiger partial charge in [0.2, 0.25) is 0 Å². The number of hydrogen-bond acceptors (Lipinski definition) is 2. The van der Waals surface area contributed by atoms with Crippen molar-refractivity contribution in [2.75, 3.05) is 12.4 Å². The summed E-state index contributed by atoms with van der Waals surface area (Å²) in [4.78, 5) is 0. The second-order valence-corrected chi connectivity index (χ2v) is 6.72. The zero-order chi connectivity index (χ0) is 14.8. The van der Waals surface area contributed by atoms with Gasteiger partial charge in [-0.05, 0) is 67.1 Å². The number of aryl methyl sites for hydroxylation is 1. The minimum Gasteiger partial charge on any atom is -0.497 e. The zero-order valence-corrected chi connectivity index (χ0v) is 14.0. The van der Waals surface area contributed by atoms with Gasteiger partial charge in [-0.3, -0.25) is 0 Å². The molecule has 0 radical (unpaired) electrons. The lowest BCUT2D eigenvalue weighted by atomic mass is 9.76. The lowest BCUT2D eigenvalue weighted by Gasteiger charge is -2.37. The molecule has 110 valence electrons. The van der Waals surface area contributed by atoms with Crippen molar-refractivity contribution < 1.29 is 4.74 Å². The first kappa shape index (κ1) is 14.5. The van der Waals surface area contributed by atoms with E-state index in [4.69, 9.17) is 4.74 Å². The topological polar surface area (TPSA) is 21.3 Å². The number of benzene rings is 2. The van der Waals surface area contributed by atoms with Crippen LogP contribution in [0.2, 0.25) is 0 Å². The summed E-state index contributed by atoms with van der Waals surface area (Å²) in [7, 11) is 1.71. The SMILES string of the molecule is COc1ccc(C2CC(Nc3cc(C)cc(Br)c3)C2)cc1. The quantitative estimate of drug-likeness (QED) is 0.829. The molecule has 3 heteroatoms. The molecule has 21 heavy (non-hydrogen) atoms. The van der Waals surface area contributed by atoms with Gasteiger partial charge >= 0.3 is 0 Å². The minimum atomic E-state index is 0.575. The van der Waals surface area contributed by atoms with Crippen molar-refractivity contribution in [2.24, 2.45) is 0 Å². The molecule has 0 amide bonds. The Balaban J connectivity index is 1.57. The fraction of sp³-hybridized carbons (Fsp3) is 0.333. The van der Waals surface area contributed by atoms with Crippen LogP contribution in [0.15, 0.2) is 46.9 Å². The van der Waals surface area contributed by atoms with Gasteiger partial charge in [0.25, 0.3) is 0 Å². The van der Waals surface area contributed by atoms with Gasteiger partial charge in [-0.25, -0.2) is 0 Å². The summed E-state index contributed by atoms with van der Waals surface area (Å²) in [5.41, 5.74) is 3.90. The summed E-state index contributed by atoms with van der Waals surface area (Å²) >= 11 is 3.55. The van der Waals surface area contributed by atoms with Crippen LogP contribution in [0.4, 0.5) is 5.69 Å². The summed E-state index contributed by atoms with van der Waals surface area (Å²) in [6.45, 7) is 2.12. The van der Waals surface area contributed by atoms with E-state index in [1.54, 1.807) is 7.11 Å². The van der Waals surface area contributed by atoms with Gasteiger partial charge in [-0.15, -0.1) is 0 Å². The van der Waals surface area contributed by atoms with E-state index in [2.05, 4.69) is 58.5 Å². The van der Waals surface area contributed by atoms with E-state index in [9.17, 15) is 0 Å². The van der Waals surface area contributed by atoms with E-state index in [1.807, 2.05) is 12.1 Å². The van der Waals surface area contributed by atoms with Crippen LogP contribution in [0.25, 0.3) is 0 Å². The van der Waals surface area contributed by atoms with Crippen LogP contribution in [-0.2, 0) is 0 Å². The maximum absolute atomic E-state index is 5.21. The Hall–Kier alpha value is -1.48. The number of ether oxygens (including phenoxy) is 1. The van der Waals surface area contributed by atoms with Crippen molar-refractivity contribution in [2.45, 2.75) is 31.7 Å². The van der Waals surface area contributed by atoms with Crippen molar-refractivity contribution in [1.29, 1.82) is 0 Å². The fourth-order valence-electron chi connectivity index (χ4n) is 2.94. The Morgan fingerprint density at radius 1 is 1.10 bits per heavy atom. The largest absolute Gasteiger partial charge is 0.497 e. The van der Waals surface area contributed by atoms with Crippen molar-refractivity contribution in [1.82, 2.24) is 0 Å². The Morgan fingerprint density at radius 2 is 1.81 bits per heavy atom. The van der Waals surface area contributed by atoms with Crippen LogP contribution in [0.5, 0.6) is 5.75 Å². The highest BCUT2D eigenvalue weighted by Crippen LogP contribution is 2.39. The highest BCUT2D eigenvalue weighted by Gasteiger charge is 2.30. The third-order valence-electron chi connectivity index (χ3n) is 4.14. The fourth-order valence-corrected chi connectivity index (χ4v) is 3.55. The predicted molar refractivity (Wildman–Crippen MR) is 91.3 cm³/mol. The van der Waals surface area contributed by atoms with Crippen molar-refractivity contribution >= 4 is 21.6 Å². The molecule has 1 fully saturated rings. The van der Waals surface area contributed by atoms with E-state index < -0.39 is 0 Å². The predicted octanol–water partition coefficient (Wildman–Crippen LogP) is 5.12. The van der Waals surface area contributed by atoms with Crippen molar-refractivity contribution in [3.63, 3.8) is 0 Å². The van der Waals surface area contributed by atoms with Gasteiger partial charge in [-0.1, -0.05) is 28.1 Å². The first-order chi connectivity index (χ1) is 10.1. The summed E-state index contributed by atoms with van der Waals surface area (Å²) in [6, 6.07) is 15.5. The van der Waals surface area contributed by atoms with Crippen molar-refractivity contribution in [3.8, 4) is 5.75 Å². The van der Waals surface area contributed by atoms with E-state index in [0.29, 0.717) is 12.0 Å². The van der Waals surface area contributed by atoms with Gasteiger partial charge in [-0.2, -0.15) is 0 Å². The maximum Gasteiger partial charge on any atom is 0.118 e. The van der Waals surface area contributed by atoms with Gasteiger partial charge in [0, 0.05) is 16.2 Å². The summed E-state index contributed by atoms with van der Waals surface area (Å²) in [5.74, 6) is 1.60. The molecule has 1 aliphatic rings. The lowest BCUT2D eigenvalue weighted by molar-refractivity contribution is 0.373. The van der Waals surface area contributed by atoms with Gasteiger partial charge in [0.15, 0.2) is 0 Å². The second-order valence-electron chi connectivity index (χ2n) is 5.80. The van der Waals surface area contributed by atoms with Gasteiger partial charge in [0.05, 0.1) is 7.11 Å². The molecule has 2 nitrogen and oxygen atoms in total. The number of anilines is 1. The summed E-state index contributed by atoms with van der Waals surface area (Å²) in [5, 5.41) is 3.63. The average Bonchev–Trinajstić information content (AvgIpc) is 2.41. The standard InChI is InChI=1S/C18H20BrNO/c1-12-7-15(19)11-16(8-12)20-17-9-14(10-17)13-3-5-18(21-2)6-4-13/h3-8,11,14,17,20H,9-10H2,1-2H3. The molecule has 0 aromatic heterocycles. The molecule has 0 bridgehead atoms. The van der Waals surface area contributed by atoms with Crippen LogP contribution in [0.1, 0.15) is 29.9 Å². The van der Waals surface area contributed by atoms with E-state index in [0.717, 1.165) is 10.2 Å².